The third kappa shape index (κ3) is 3.41. The van der Waals surface area contributed by atoms with Crippen LogP contribution in [0.25, 0.3) is 0 Å². The number of ether oxygens (including phenoxy) is 2. The number of anilines is 2. The third-order valence-corrected chi connectivity index (χ3v) is 3.03. The number of nitrogens with one attached hydrogen (secondary N) is 1. The van der Waals surface area contributed by atoms with Crippen molar-refractivity contribution in [1.82, 2.24) is 9.97 Å². The SMILES string of the molecule is COc1cc(Nc2nc(C)nc(Cl)c2C=O)cc(OC)c1. The number of aryl methyl sites for hydroxylation is 1. The number of hydrogen-bond donors (Lipinski definition) is 1. The molecule has 0 amide bonds. The van der Waals surface area contributed by atoms with E-state index in [1.54, 1.807) is 39.3 Å². The van der Waals surface area contributed by atoms with Crippen molar-refractivity contribution in [3.05, 3.63) is 34.7 Å². The number of carbonyl (C=O) groups is 1. The van der Waals surface area contributed by atoms with Gasteiger partial charge in [0.05, 0.1) is 19.8 Å². The van der Waals surface area contributed by atoms with Gasteiger partial charge in [0.25, 0.3) is 0 Å². The largest absolute Gasteiger partial charge is 0.497 e. The van der Waals surface area contributed by atoms with Crippen LogP contribution in [0.1, 0.15) is 16.2 Å². The molecule has 0 aliphatic rings. The molecular formula is C14H14ClN3O3. The van der Waals surface area contributed by atoms with E-state index in [9.17, 15) is 4.79 Å². The van der Waals surface area contributed by atoms with Crippen LogP contribution in [0, 0.1) is 6.92 Å². The molecule has 1 N–H and O–H groups in total. The van der Waals surface area contributed by atoms with Crippen LogP contribution in [-0.2, 0) is 0 Å². The van der Waals surface area contributed by atoms with E-state index in [-0.39, 0.29) is 10.7 Å². The molecule has 0 atom stereocenters. The van der Waals surface area contributed by atoms with Crippen molar-refractivity contribution in [1.29, 1.82) is 0 Å². The molecule has 0 aliphatic heterocycles. The van der Waals surface area contributed by atoms with Gasteiger partial charge in [-0.1, -0.05) is 11.6 Å². The average Bonchev–Trinajstić information content (AvgIpc) is 2.46. The molecule has 0 bridgehead atoms. The molecule has 2 aromatic rings. The number of halogens is 1. The molecule has 0 radical (unpaired) electrons. The fourth-order valence-electron chi connectivity index (χ4n) is 1.76. The first-order valence-corrected chi connectivity index (χ1v) is 6.44. The summed E-state index contributed by atoms with van der Waals surface area (Å²) in [4.78, 5) is 19.3. The molecule has 1 heterocycles. The summed E-state index contributed by atoms with van der Waals surface area (Å²) in [6.07, 6.45) is 0.613. The lowest BCUT2D eigenvalue weighted by Gasteiger charge is -2.12. The van der Waals surface area contributed by atoms with Crippen molar-refractivity contribution in [3.8, 4) is 11.5 Å². The van der Waals surface area contributed by atoms with Gasteiger partial charge in [0.1, 0.15) is 28.3 Å². The monoisotopic (exact) mass is 307 g/mol. The number of hydrogen-bond acceptors (Lipinski definition) is 6. The van der Waals surface area contributed by atoms with Gasteiger partial charge >= 0.3 is 0 Å². The number of aromatic nitrogens is 2. The summed E-state index contributed by atoms with van der Waals surface area (Å²) in [7, 11) is 3.11. The number of methoxy groups -OCH3 is 2. The highest BCUT2D eigenvalue weighted by Gasteiger charge is 2.12. The van der Waals surface area contributed by atoms with E-state index in [0.717, 1.165) is 0 Å². The van der Waals surface area contributed by atoms with Crippen LogP contribution in [0.3, 0.4) is 0 Å². The first-order chi connectivity index (χ1) is 10.1. The summed E-state index contributed by atoms with van der Waals surface area (Å²) in [6.45, 7) is 1.69. The van der Waals surface area contributed by atoms with Gasteiger partial charge in [-0.05, 0) is 6.92 Å². The van der Waals surface area contributed by atoms with Crippen molar-refractivity contribution in [2.75, 3.05) is 19.5 Å². The average molecular weight is 308 g/mol. The molecule has 1 aromatic carbocycles. The summed E-state index contributed by atoms with van der Waals surface area (Å²) < 4.78 is 10.4. The summed E-state index contributed by atoms with van der Waals surface area (Å²) >= 11 is 5.95. The van der Waals surface area contributed by atoms with E-state index in [4.69, 9.17) is 21.1 Å². The Bertz CT molecular complexity index is 655. The normalized spacial score (nSPS) is 10.1. The molecule has 7 heteroatoms. The summed E-state index contributed by atoms with van der Waals surface area (Å²) in [5, 5.41) is 3.13. The minimum absolute atomic E-state index is 0.106. The highest BCUT2D eigenvalue weighted by atomic mass is 35.5. The third-order valence-electron chi connectivity index (χ3n) is 2.74. The quantitative estimate of drug-likeness (QED) is 0.676. The number of aldehydes is 1. The Balaban J connectivity index is 2.44. The predicted octanol–water partition coefficient (Wildman–Crippen LogP) is 3.01. The second-order valence-electron chi connectivity index (χ2n) is 4.17. The zero-order chi connectivity index (χ0) is 15.4. The van der Waals surface area contributed by atoms with E-state index in [1.165, 1.54) is 0 Å². The second-order valence-corrected chi connectivity index (χ2v) is 4.53. The summed E-state index contributed by atoms with van der Waals surface area (Å²) in [6, 6.07) is 5.24. The van der Waals surface area contributed by atoms with Crippen LogP contribution >= 0.6 is 11.6 Å². The van der Waals surface area contributed by atoms with Crippen LogP contribution in [0.15, 0.2) is 18.2 Å². The van der Waals surface area contributed by atoms with Crippen LogP contribution in [0.5, 0.6) is 11.5 Å². The Hall–Kier alpha value is -2.34. The Labute approximate surface area is 127 Å². The Morgan fingerprint density at radius 2 is 1.76 bits per heavy atom. The highest BCUT2D eigenvalue weighted by Crippen LogP contribution is 2.29. The number of benzene rings is 1. The van der Waals surface area contributed by atoms with E-state index >= 15 is 0 Å². The molecule has 0 saturated heterocycles. The molecule has 21 heavy (non-hydrogen) atoms. The van der Waals surface area contributed by atoms with Crippen LogP contribution in [0.4, 0.5) is 11.5 Å². The maximum absolute atomic E-state index is 11.1. The Morgan fingerprint density at radius 3 is 2.29 bits per heavy atom. The van der Waals surface area contributed by atoms with Gasteiger partial charge in [0.2, 0.25) is 0 Å². The first-order valence-electron chi connectivity index (χ1n) is 6.06. The summed E-state index contributed by atoms with van der Waals surface area (Å²) in [5.41, 5.74) is 0.854. The smallest absolute Gasteiger partial charge is 0.156 e. The van der Waals surface area contributed by atoms with E-state index in [2.05, 4.69) is 15.3 Å². The molecule has 0 spiro atoms. The maximum atomic E-state index is 11.1. The topological polar surface area (TPSA) is 73.3 Å². The van der Waals surface area contributed by atoms with Crippen molar-refractivity contribution >= 4 is 29.4 Å². The molecule has 0 unspecified atom stereocenters. The zero-order valence-corrected chi connectivity index (χ0v) is 12.6. The maximum Gasteiger partial charge on any atom is 0.156 e. The Morgan fingerprint density at radius 1 is 1.14 bits per heavy atom. The highest BCUT2D eigenvalue weighted by molar-refractivity contribution is 6.32. The minimum atomic E-state index is 0.106. The molecular weight excluding hydrogens is 294 g/mol. The number of nitrogens with zero attached hydrogens (tertiary/aromatic N) is 2. The molecule has 0 aliphatic carbocycles. The fourth-order valence-corrected chi connectivity index (χ4v) is 2.02. The van der Waals surface area contributed by atoms with Gasteiger partial charge in [-0.3, -0.25) is 4.79 Å². The molecule has 1 aromatic heterocycles. The van der Waals surface area contributed by atoms with E-state index < -0.39 is 0 Å². The summed E-state index contributed by atoms with van der Waals surface area (Å²) in [5.74, 6) is 2.02. The molecule has 0 saturated carbocycles. The molecule has 6 nitrogen and oxygen atoms in total. The zero-order valence-electron chi connectivity index (χ0n) is 11.8. The fraction of sp³-hybridized carbons (Fsp3) is 0.214. The Kier molecular flexibility index (Phi) is 4.59. The van der Waals surface area contributed by atoms with Crippen LogP contribution in [-0.4, -0.2) is 30.5 Å². The predicted molar refractivity (Wildman–Crippen MR) is 80.0 cm³/mol. The van der Waals surface area contributed by atoms with Crippen molar-refractivity contribution < 1.29 is 14.3 Å². The van der Waals surface area contributed by atoms with Gasteiger partial charge in [-0.2, -0.15) is 0 Å². The van der Waals surface area contributed by atoms with Gasteiger partial charge in [0.15, 0.2) is 6.29 Å². The minimum Gasteiger partial charge on any atom is -0.497 e. The van der Waals surface area contributed by atoms with Crippen LogP contribution < -0.4 is 14.8 Å². The van der Waals surface area contributed by atoms with Crippen LogP contribution in [0.2, 0.25) is 5.15 Å². The lowest BCUT2D eigenvalue weighted by Crippen LogP contribution is -2.03. The van der Waals surface area contributed by atoms with Gasteiger partial charge in [-0.15, -0.1) is 0 Å². The first kappa shape index (κ1) is 15.1. The van der Waals surface area contributed by atoms with Gasteiger partial charge in [0, 0.05) is 23.9 Å². The van der Waals surface area contributed by atoms with E-state index in [0.29, 0.717) is 35.1 Å². The molecule has 110 valence electrons. The standard InChI is InChI=1S/C14H14ClN3O3/c1-8-16-13(15)12(7-19)14(17-8)18-9-4-10(20-2)6-11(5-9)21-3/h4-7H,1-3H3,(H,16,17,18). The molecule has 2 rings (SSSR count). The van der Waals surface area contributed by atoms with Gasteiger partial charge in [-0.25, -0.2) is 9.97 Å². The molecule has 0 fully saturated rings. The van der Waals surface area contributed by atoms with E-state index in [1.807, 2.05) is 0 Å². The lowest BCUT2D eigenvalue weighted by molar-refractivity contribution is 0.112. The van der Waals surface area contributed by atoms with Gasteiger partial charge < -0.3 is 14.8 Å². The lowest BCUT2D eigenvalue weighted by atomic mass is 10.2. The van der Waals surface area contributed by atoms with Crippen molar-refractivity contribution in [2.24, 2.45) is 0 Å². The van der Waals surface area contributed by atoms with Crippen molar-refractivity contribution in [2.45, 2.75) is 6.92 Å². The number of rotatable bonds is 5. The van der Waals surface area contributed by atoms with Crippen molar-refractivity contribution in [3.63, 3.8) is 0 Å². The second kappa shape index (κ2) is 6.41. The number of carbonyl (C=O) groups excluding carboxylic acids is 1.